The predicted molar refractivity (Wildman–Crippen MR) is 70.0 cm³/mol. The average Bonchev–Trinajstić information content (AvgIpc) is 2.34. The smallest absolute Gasteiger partial charge is 0.123 e. The van der Waals surface area contributed by atoms with Gasteiger partial charge in [0, 0.05) is 23.9 Å². The number of benzene rings is 1. The second-order valence-electron chi connectivity index (χ2n) is 4.13. The summed E-state index contributed by atoms with van der Waals surface area (Å²) in [5, 5.41) is 21.7. The van der Waals surface area contributed by atoms with Gasteiger partial charge in [0.25, 0.3) is 0 Å². The van der Waals surface area contributed by atoms with E-state index in [0.717, 1.165) is 31.6 Å². The van der Waals surface area contributed by atoms with Crippen LogP contribution in [0.2, 0.25) is 0 Å². The van der Waals surface area contributed by atoms with Crippen molar-refractivity contribution in [3.8, 4) is 5.75 Å². The number of anilines is 1. The molecule has 0 saturated heterocycles. The van der Waals surface area contributed by atoms with Crippen LogP contribution in [0.3, 0.4) is 0 Å². The van der Waals surface area contributed by atoms with E-state index >= 15 is 0 Å². The minimum absolute atomic E-state index is 0.134. The van der Waals surface area contributed by atoms with Crippen molar-refractivity contribution >= 4 is 5.69 Å². The summed E-state index contributed by atoms with van der Waals surface area (Å²) in [7, 11) is 0. The zero-order valence-electron chi connectivity index (χ0n) is 10.2. The fourth-order valence-electron chi connectivity index (χ4n) is 1.66. The van der Waals surface area contributed by atoms with Crippen molar-refractivity contribution in [1.82, 2.24) is 0 Å². The number of hydrogen-bond donors (Lipinski definition) is 4. The Morgan fingerprint density at radius 2 is 1.88 bits per heavy atom. The molecule has 0 atom stereocenters. The molecule has 0 radical (unpaired) electrons. The Morgan fingerprint density at radius 1 is 1.12 bits per heavy atom. The van der Waals surface area contributed by atoms with E-state index in [-0.39, 0.29) is 12.4 Å². The summed E-state index contributed by atoms with van der Waals surface area (Å²) in [6, 6.07) is 5.24. The molecule has 1 aromatic carbocycles. The molecule has 1 rings (SSSR count). The maximum absolute atomic E-state index is 9.55. The average molecular weight is 238 g/mol. The van der Waals surface area contributed by atoms with Gasteiger partial charge in [0.1, 0.15) is 5.75 Å². The lowest BCUT2D eigenvalue weighted by Crippen LogP contribution is -2.03. The van der Waals surface area contributed by atoms with Crippen LogP contribution in [0.15, 0.2) is 18.2 Å². The number of nitrogens with two attached hydrogens (primary N) is 1. The van der Waals surface area contributed by atoms with Gasteiger partial charge in [0.15, 0.2) is 0 Å². The Balaban J connectivity index is 2.25. The number of rotatable bonds is 8. The summed E-state index contributed by atoms with van der Waals surface area (Å²) in [6.07, 6.45) is 4.53. The molecule has 0 spiro atoms. The number of aliphatic hydroxyl groups is 1. The third-order valence-corrected chi connectivity index (χ3v) is 2.72. The number of aromatic hydroxyl groups is 1. The first-order valence-corrected chi connectivity index (χ1v) is 6.14. The molecule has 5 N–H and O–H groups in total. The Hall–Kier alpha value is -1.26. The lowest BCUT2D eigenvalue weighted by Gasteiger charge is -2.08. The molecule has 0 amide bonds. The molecule has 0 fully saturated rings. The fraction of sp³-hybridized carbons (Fsp3) is 0.538. The third-order valence-electron chi connectivity index (χ3n) is 2.72. The quantitative estimate of drug-likeness (QED) is 0.521. The van der Waals surface area contributed by atoms with Crippen LogP contribution in [0.1, 0.15) is 31.2 Å². The molecule has 17 heavy (non-hydrogen) atoms. The predicted octanol–water partition coefficient (Wildman–Crippen LogP) is 1.82. The molecular weight excluding hydrogens is 216 g/mol. The molecule has 0 aliphatic heterocycles. The molecule has 0 unspecified atom stereocenters. The van der Waals surface area contributed by atoms with E-state index in [0.29, 0.717) is 5.56 Å². The van der Waals surface area contributed by atoms with Gasteiger partial charge in [-0.15, -0.1) is 0 Å². The number of unbranched alkanes of at least 4 members (excludes halogenated alkanes) is 3. The summed E-state index contributed by atoms with van der Waals surface area (Å²) in [5.41, 5.74) is 6.86. The van der Waals surface area contributed by atoms with Crippen LogP contribution >= 0.6 is 0 Å². The highest BCUT2D eigenvalue weighted by Crippen LogP contribution is 2.21. The Kier molecular flexibility index (Phi) is 6.43. The second-order valence-corrected chi connectivity index (χ2v) is 4.13. The van der Waals surface area contributed by atoms with Gasteiger partial charge in [-0.1, -0.05) is 18.9 Å². The summed E-state index contributed by atoms with van der Waals surface area (Å²) in [6.45, 7) is 1.53. The van der Waals surface area contributed by atoms with E-state index < -0.39 is 0 Å². The topological polar surface area (TPSA) is 78.5 Å². The maximum atomic E-state index is 9.55. The maximum Gasteiger partial charge on any atom is 0.123 e. The van der Waals surface area contributed by atoms with Crippen LogP contribution in [-0.4, -0.2) is 23.3 Å². The van der Waals surface area contributed by atoms with Crippen molar-refractivity contribution in [2.24, 2.45) is 5.73 Å². The lowest BCUT2D eigenvalue weighted by atomic mass is 10.1. The standard InChI is InChI=1S/C13H22N2O2/c14-7-3-1-2-4-8-15-12-6-5-11(10-16)13(17)9-12/h5-6,9,15-17H,1-4,7-8,10,14H2. The second kappa shape index (κ2) is 7.92. The van der Waals surface area contributed by atoms with E-state index in [1.165, 1.54) is 12.8 Å². The summed E-state index contributed by atoms with van der Waals surface area (Å²) in [5.74, 6) is 0.139. The first-order valence-electron chi connectivity index (χ1n) is 6.14. The zero-order valence-corrected chi connectivity index (χ0v) is 10.2. The van der Waals surface area contributed by atoms with Crippen molar-refractivity contribution in [2.45, 2.75) is 32.3 Å². The highest BCUT2D eigenvalue weighted by molar-refractivity contribution is 5.51. The minimum Gasteiger partial charge on any atom is -0.508 e. The summed E-state index contributed by atoms with van der Waals surface area (Å²) >= 11 is 0. The van der Waals surface area contributed by atoms with Crippen LogP contribution < -0.4 is 11.1 Å². The largest absolute Gasteiger partial charge is 0.508 e. The molecule has 0 heterocycles. The molecular formula is C13H22N2O2. The number of nitrogens with one attached hydrogen (secondary N) is 1. The molecule has 4 nitrogen and oxygen atoms in total. The highest BCUT2D eigenvalue weighted by atomic mass is 16.3. The fourth-order valence-corrected chi connectivity index (χ4v) is 1.66. The first kappa shape index (κ1) is 13.8. The molecule has 1 aromatic rings. The van der Waals surface area contributed by atoms with Gasteiger partial charge in [-0.05, 0) is 25.5 Å². The molecule has 0 aromatic heterocycles. The van der Waals surface area contributed by atoms with Gasteiger partial charge >= 0.3 is 0 Å². The van der Waals surface area contributed by atoms with Gasteiger partial charge in [0.05, 0.1) is 6.61 Å². The number of phenols is 1. The van der Waals surface area contributed by atoms with E-state index in [1.54, 1.807) is 12.1 Å². The lowest BCUT2D eigenvalue weighted by molar-refractivity contribution is 0.275. The normalized spacial score (nSPS) is 10.5. The van der Waals surface area contributed by atoms with Crippen molar-refractivity contribution in [2.75, 3.05) is 18.4 Å². The van der Waals surface area contributed by atoms with Gasteiger partial charge < -0.3 is 21.3 Å². The van der Waals surface area contributed by atoms with Crippen molar-refractivity contribution in [1.29, 1.82) is 0 Å². The van der Waals surface area contributed by atoms with Gasteiger partial charge in [-0.2, -0.15) is 0 Å². The van der Waals surface area contributed by atoms with Gasteiger partial charge in [-0.25, -0.2) is 0 Å². The third kappa shape index (κ3) is 5.06. The Labute approximate surface area is 102 Å². The summed E-state index contributed by atoms with van der Waals surface area (Å²) < 4.78 is 0. The van der Waals surface area contributed by atoms with E-state index in [9.17, 15) is 5.11 Å². The summed E-state index contributed by atoms with van der Waals surface area (Å²) in [4.78, 5) is 0. The van der Waals surface area contributed by atoms with E-state index in [4.69, 9.17) is 10.8 Å². The van der Waals surface area contributed by atoms with Crippen LogP contribution in [0, 0.1) is 0 Å². The van der Waals surface area contributed by atoms with Crippen LogP contribution in [0.4, 0.5) is 5.69 Å². The van der Waals surface area contributed by atoms with Crippen LogP contribution in [-0.2, 0) is 6.61 Å². The van der Waals surface area contributed by atoms with Crippen LogP contribution in [0.5, 0.6) is 5.75 Å². The Morgan fingerprint density at radius 3 is 2.53 bits per heavy atom. The monoisotopic (exact) mass is 238 g/mol. The number of hydrogen-bond acceptors (Lipinski definition) is 4. The van der Waals surface area contributed by atoms with Gasteiger partial charge in [0.2, 0.25) is 0 Å². The molecule has 0 aliphatic rings. The van der Waals surface area contributed by atoms with E-state index in [1.807, 2.05) is 6.07 Å². The molecule has 96 valence electrons. The molecule has 0 saturated carbocycles. The first-order chi connectivity index (χ1) is 8.27. The number of aliphatic hydroxyl groups excluding tert-OH is 1. The Bertz CT molecular complexity index is 329. The SMILES string of the molecule is NCCCCCCNc1ccc(CO)c(O)c1. The molecule has 0 aliphatic carbocycles. The van der Waals surface area contributed by atoms with Crippen molar-refractivity contribution in [3.63, 3.8) is 0 Å². The van der Waals surface area contributed by atoms with Crippen molar-refractivity contribution < 1.29 is 10.2 Å². The highest BCUT2D eigenvalue weighted by Gasteiger charge is 2.00. The van der Waals surface area contributed by atoms with E-state index in [2.05, 4.69) is 5.32 Å². The van der Waals surface area contributed by atoms with Gasteiger partial charge in [-0.3, -0.25) is 0 Å². The zero-order chi connectivity index (χ0) is 12.5. The molecule has 4 heteroatoms. The molecule has 0 bridgehead atoms. The van der Waals surface area contributed by atoms with Crippen molar-refractivity contribution in [3.05, 3.63) is 23.8 Å². The van der Waals surface area contributed by atoms with Crippen LogP contribution in [0.25, 0.3) is 0 Å². The minimum atomic E-state index is -0.134.